The van der Waals surface area contributed by atoms with Crippen LogP contribution in [0.1, 0.15) is 17.0 Å². The maximum Gasteiger partial charge on any atom is 0.282 e. The van der Waals surface area contributed by atoms with Crippen molar-refractivity contribution in [1.82, 2.24) is 9.66 Å². The normalized spacial score (nSPS) is 11.0. The average Bonchev–Trinajstić information content (AvgIpc) is 2.73. The van der Waals surface area contributed by atoms with Gasteiger partial charge in [0.1, 0.15) is 12.4 Å². The van der Waals surface area contributed by atoms with Gasteiger partial charge in [-0.3, -0.25) is 4.79 Å². The van der Waals surface area contributed by atoms with Crippen LogP contribution < -0.4 is 15.0 Å². The summed E-state index contributed by atoms with van der Waals surface area (Å²) >= 11 is 3.39. The van der Waals surface area contributed by atoms with Gasteiger partial charge in [-0.15, -0.1) is 6.58 Å². The van der Waals surface area contributed by atoms with Crippen molar-refractivity contribution in [2.75, 3.05) is 13.7 Å². The summed E-state index contributed by atoms with van der Waals surface area (Å²) < 4.78 is 13.4. The maximum absolute atomic E-state index is 12.9. The Labute approximate surface area is 183 Å². The SMILES string of the molecule is C=CCOc1c(CC=C)cc(C=Nn2c(C)nc3ccc(Br)cc3c2=O)cc1OC. The van der Waals surface area contributed by atoms with Crippen molar-refractivity contribution in [2.45, 2.75) is 13.3 Å². The van der Waals surface area contributed by atoms with Gasteiger partial charge >= 0.3 is 0 Å². The van der Waals surface area contributed by atoms with Crippen LogP contribution in [0.2, 0.25) is 0 Å². The quantitative estimate of drug-likeness (QED) is 0.357. The predicted octanol–water partition coefficient (Wildman–Crippen LogP) is 4.65. The van der Waals surface area contributed by atoms with Crippen LogP contribution >= 0.6 is 15.9 Å². The van der Waals surface area contributed by atoms with E-state index in [9.17, 15) is 4.79 Å². The van der Waals surface area contributed by atoms with E-state index >= 15 is 0 Å². The Morgan fingerprint density at radius 2 is 2.03 bits per heavy atom. The number of methoxy groups -OCH3 is 1. The first kappa shape index (κ1) is 21.5. The number of nitrogens with zero attached hydrogens (tertiary/aromatic N) is 3. The van der Waals surface area contributed by atoms with Gasteiger partial charge in [-0.25, -0.2) is 4.98 Å². The molecule has 2 aromatic carbocycles. The molecule has 6 nitrogen and oxygen atoms in total. The molecule has 0 radical (unpaired) electrons. The molecule has 0 spiro atoms. The fourth-order valence-corrected chi connectivity index (χ4v) is 3.40. The number of ether oxygens (including phenoxy) is 2. The standard InChI is InChI=1S/C23H22BrN3O3/c1-5-7-17-11-16(12-21(29-4)22(17)30-10-6-2)14-25-27-15(3)26-20-9-8-18(24)13-19(20)23(27)28/h5-6,8-9,11-14H,1-2,7,10H2,3-4H3. The molecule has 7 heteroatoms. The van der Waals surface area contributed by atoms with Crippen molar-refractivity contribution in [2.24, 2.45) is 5.10 Å². The highest BCUT2D eigenvalue weighted by Crippen LogP contribution is 2.33. The fourth-order valence-electron chi connectivity index (χ4n) is 3.04. The Balaban J connectivity index is 2.07. The van der Waals surface area contributed by atoms with E-state index in [1.165, 1.54) is 4.68 Å². The van der Waals surface area contributed by atoms with E-state index in [0.717, 1.165) is 15.6 Å². The highest BCUT2D eigenvalue weighted by Gasteiger charge is 2.12. The smallest absolute Gasteiger partial charge is 0.282 e. The van der Waals surface area contributed by atoms with Crippen LogP contribution in [0.4, 0.5) is 0 Å². The van der Waals surface area contributed by atoms with Gasteiger partial charge in [0, 0.05) is 10.0 Å². The molecule has 154 valence electrons. The third-order valence-corrected chi connectivity index (χ3v) is 4.87. The summed E-state index contributed by atoms with van der Waals surface area (Å²) in [7, 11) is 1.58. The lowest BCUT2D eigenvalue weighted by atomic mass is 10.1. The van der Waals surface area contributed by atoms with Gasteiger partial charge in [0.15, 0.2) is 11.5 Å². The van der Waals surface area contributed by atoms with Gasteiger partial charge in [0.2, 0.25) is 0 Å². The first-order chi connectivity index (χ1) is 14.5. The summed E-state index contributed by atoms with van der Waals surface area (Å²) in [4.78, 5) is 17.4. The molecule has 0 aliphatic carbocycles. The Kier molecular flexibility index (Phi) is 6.84. The van der Waals surface area contributed by atoms with Crippen molar-refractivity contribution in [1.29, 1.82) is 0 Å². The number of benzene rings is 2. The Morgan fingerprint density at radius 3 is 2.73 bits per heavy atom. The summed E-state index contributed by atoms with van der Waals surface area (Å²) in [5.41, 5.74) is 2.05. The molecule has 0 bridgehead atoms. The molecule has 0 saturated carbocycles. The molecule has 0 fully saturated rings. The molecule has 0 atom stereocenters. The molecule has 3 aromatic rings. The second kappa shape index (κ2) is 9.54. The Morgan fingerprint density at radius 1 is 1.23 bits per heavy atom. The van der Waals surface area contributed by atoms with Crippen LogP contribution in [0.3, 0.4) is 0 Å². The minimum atomic E-state index is -0.237. The van der Waals surface area contributed by atoms with Crippen LogP contribution in [0.15, 0.2) is 70.0 Å². The number of halogens is 1. The molecular formula is C23H22BrN3O3. The minimum Gasteiger partial charge on any atom is -0.493 e. The summed E-state index contributed by atoms with van der Waals surface area (Å²) in [6.45, 7) is 9.60. The second-order valence-electron chi connectivity index (χ2n) is 6.49. The number of rotatable bonds is 8. The summed E-state index contributed by atoms with van der Waals surface area (Å²) in [5.74, 6) is 1.71. The molecule has 30 heavy (non-hydrogen) atoms. The van der Waals surface area contributed by atoms with Gasteiger partial charge in [-0.1, -0.05) is 34.7 Å². The first-order valence-corrected chi connectivity index (χ1v) is 10.1. The topological polar surface area (TPSA) is 65.7 Å². The van der Waals surface area contributed by atoms with Crippen molar-refractivity contribution in [3.63, 3.8) is 0 Å². The van der Waals surface area contributed by atoms with Crippen LogP contribution in [0, 0.1) is 6.92 Å². The molecule has 0 unspecified atom stereocenters. The maximum atomic E-state index is 12.9. The van der Waals surface area contributed by atoms with Gasteiger partial charge in [0.25, 0.3) is 5.56 Å². The first-order valence-electron chi connectivity index (χ1n) is 9.27. The van der Waals surface area contributed by atoms with E-state index in [2.05, 4.69) is 39.2 Å². The van der Waals surface area contributed by atoms with E-state index < -0.39 is 0 Å². The van der Waals surface area contributed by atoms with Gasteiger partial charge in [-0.2, -0.15) is 9.78 Å². The van der Waals surface area contributed by atoms with E-state index in [4.69, 9.17) is 9.47 Å². The molecule has 0 aliphatic rings. The lowest BCUT2D eigenvalue weighted by Gasteiger charge is -2.14. The highest BCUT2D eigenvalue weighted by atomic mass is 79.9. The lowest BCUT2D eigenvalue weighted by molar-refractivity contribution is 0.323. The predicted molar refractivity (Wildman–Crippen MR) is 124 cm³/mol. The minimum absolute atomic E-state index is 0.237. The van der Waals surface area contributed by atoms with Crippen LogP contribution in [0.5, 0.6) is 11.5 Å². The number of allylic oxidation sites excluding steroid dienone is 1. The van der Waals surface area contributed by atoms with E-state index in [1.54, 1.807) is 50.6 Å². The number of hydrogen-bond acceptors (Lipinski definition) is 5. The molecule has 1 heterocycles. The van der Waals surface area contributed by atoms with E-state index in [0.29, 0.717) is 41.3 Å². The third-order valence-electron chi connectivity index (χ3n) is 4.38. The molecule has 3 rings (SSSR count). The summed E-state index contributed by atoms with van der Waals surface area (Å²) in [5, 5.41) is 4.88. The summed E-state index contributed by atoms with van der Waals surface area (Å²) in [6, 6.07) is 9.13. The Hall–Kier alpha value is -3.19. The Bertz CT molecular complexity index is 1200. The molecular weight excluding hydrogens is 446 g/mol. The molecule has 1 aromatic heterocycles. The zero-order valence-electron chi connectivity index (χ0n) is 16.9. The molecule has 0 amide bonds. The number of fused-ring (bicyclic) bond motifs is 1. The number of aryl methyl sites for hydroxylation is 1. The van der Waals surface area contributed by atoms with Crippen molar-refractivity contribution >= 4 is 33.0 Å². The van der Waals surface area contributed by atoms with Crippen LogP contribution in [0.25, 0.3) is 10.9 Å². The van der Waals surface area contributed by atoms with Gasteiger partial charge < -0.3 is 9.47 Å². The fraction of sp³-hybridized carbons (Fsp3) is 0.174. The van der Waals surface area contributed by atoms with Crippen molar-refractivity contribution in [3.05, 3.63) is 87.4 Å². The van der Waals surface area contributed by atoms with E-state index in [1.807, 2.05) is 12.1 Å². The highest BCUT2D eigenvalue weighted by molar-refractivity contribution is 9.10. The van der Waals surface area contributed by atoms with Crippen molar-refractivity contribution in [3.8, 4) is 11.5 Å². The zero-order valence-corrected chi connectivity index (χ0v) is 18.5. The number of aromatic nitrogens is 2. The summed E-state index contributed by atoms with van der Waals surface area (Å²) in [6.07, 6.45) is 5.66. The lowest BCUT2D eigenvalue weighted by Crippen LogP contribution is -2.20. The molecule has 0 saturated heterocycles. The van der Waals surface area contributed by atoms with E-state index in [-0.39, 0.29) is 5.56 Å². The third kappa shape index (κ3) is 4.52. The molecule has 0 N–H and O–H groups in total. The van der Waals surface area contributed by atoms with Crippen LogP contribution in [-0.2, 0) is 6.42 Å². The van der Waals surface area contributed by atoms with Crippen molar-refractivity contribution < 1.29 is 9.47 Å². The number of hydrogen-bond donors (Lipinski definition) is 0. The van der Waals surface area contributed by atoms with Crippen LogP contribution in [-0.4, -0.2) is 29.6 Å². The average molecular weight is 468 g/mol. The second-order valence-corrected chi connectivity index (χ2v) is 7.40. The monoisotopic (exact) mass is 467 g/mol. The van der Waals surface area contributed by atoms with Gasteiger partial charge in [0.05, 0.1) is 24.2 Å². The van der Waals surface area contributed by atoms with Gasteiger partial charge in [-0.05, 0) is 49.2 Å². The molecule has 0 aliphatic heterocycles. The largest absolute Gasteiger partial charge is 0.493 e. The zero-order chi connectivity index (χ0) is 21.7.